The van der Waals surface area contributed by atoms with Gasteiger partial charge in [0.1, 0.15) is 0 Å². The minimum Gasteiger partial charge on any atom is -0.229 e. The summed E-state index contributed by atoms with van der Waals surface area (Å²) in [6.07, 6.45) is 10.4. The lowest BCUT2D eigenvalue weighted by atomic mass is 9.66. The largest absolute Gasteiger partial charge is 0.229 e. The second-order valence-electron chi connectivity index (χ2n) is 6.58. The summed E-state index contributed by atoms with van der Waals surface area (Å²) in [6.45, 7) is 4.52. The summed E-state index contributed by atoms with van der Waals surface area (Å²) in [5.74, 6) is 0.703. The lowest BCUT2D eigenvalue weighted by molar-refractivity contribution is 0.259. The molecule has 3 aliphatic rings. The van der Waals surface area contributed by atoms with Crippen molar-refractivity contribution in [1.82, 2.24) is 0 Å². The van der Waals surface area contributed by atoms with Gasteiger partial charge in [-0.15, -0.1) is 0 Å². The maximum atomic E-state index is 11.9. The second-order valence-corrected chi connectivity index (χ2v) is 8.65. The van der Waals surface area contributed by atoms with Crippen LogP contribution >= 0.6 is 0 Å². The Morgan fingerprint density at radius 1 is 0.938 bits per heavy atom. The normalized spacial score (nSPS) is 46.6. The van der Waals surface area contributed by atoms with Gasteiger partial charge < -0.3 is 0 Å². The highest BCUT2D eigenvalue weighted by Crippen LogP contribution is 2.67. The highest BCUT2D eigenvalue weighted by molar-refractivity contribution is 7.91. The summed E-state index contributed by atoms with van der Waals surface area (Å²) in [5, 5.41) is 0. The van der Waals surface area contributed by atoms with Crippen molar-refractivity contribution in [2.45, 2.75) is 26.7 Å². The van der Waals surface area contributed by atoms with Gasteiger partial charge in [-0.2, -0.15) is 0 Å². The first-order valence-electron chi connectivity index (χ1n) is 5.86. The third-order valence-corrected chi connectivity index (χ3v) is 6.39. The van der Waals surface area contributed by atoms with E-state index < -0.39 is 9.84 Å². The van der Waals surface area contributed by atoms with Gasteiger partial charge in [0.25, 0.3) is 0 Å². The van der Waals surface area contributed by atoms with E-state index in [1.54, 1.807) is 0 Å². The molecule has 0 amide bonds. The smallest absolute Gasteiger partial charge is 0.152 e. The number of hydrogen-bond donors (Lipinski definition) is 0. The van der Waals surface area contributed by atoms with Crippen molar-refractivity contribution < 1.29 is 8.42 Å². The lowest BCUT2D eigenvalue weighted by Gasteiger charge is -2.36. The van der Waals surface area contributed by atoms with Crippen molar-refractivity contribution in [3.05, 3.63) is 24.3 Å². The molecule has 0 unspecified atom stereocenters. The fourth-order valence-corrected chi connectivity index (χ4v) is 7.02. The molecule has 0 N–H and O–H groups in total. The van der Waals surface area contributed by atoms with Gasteiger partial charge in [-0.1, -0.05) is 38.2 Å². The summed E-state index contributed by atoms with van der Waals surface area (Å²) >= 11 is 0. The van der Waals surface area contributed by atoms with E-state index >= 15 is 0 Å². The van der Waals surface area contributed by atoms with Crippen LogP contribution in [0.4, 0.5) is 0 Å². The zero-order valence-electron chi connectivity index (χ0n) is 9.86. The van der Waals surface area contributed by atoms with E-state index in [2.05, 4.69) is 26.0 Å². The molecule has 0 aromatic carbocycles. The van der Waals surface area contributed by atoms with Gasteiger partial charge in [-0.3, -0.25) is 0 Å². The molecule has 0 radical (unpaired) electrons. The Kier molecular flexibility index (Phi) is 1.74. The Hall–Kier alpha value is -0.570. The maximum absolute atomic E-state index is 11.9. The van der Waals surface area contributed by atoms with Crippen LogP contribution in [0.15, 0.2) is 24.3 Å². The van der Waals surface area contributed by atoms with E-state index in [-0.39, 0.29) is 16.2 Å². The van der Waals surface area contributed by atoms with Crippen molar-refractivity contribution in [1.29, 1.82) is 0 Å². The molecule has 2 atom stereocenters. The average Bonchev–Trinajstić information content (AvgIpc) is 2.40. The molecule has 0 aromatic heterocycles. The number of allylic oxidation sites excluding steroid dienone is 4. The first kappa shape index (κ1) is 10.6. The third kappa shape index (κ3) is 1.21. The van der Waals surface area contributed by atoms with E-state index in [9.17, 15) is 8.42 Å². The first-order chi connectivity index (χ1) is 7.29. The molecule has 1 heterocycles. The van der Waals surface area contributed by atoms with Crippen LogP contribution in [0.25, 0.3) is 0 Å². The van der Waals surface area contributed by atoms with Crippen LogP contribution in [0.3, 0.4) is 0 Å². The van der Waals surface area contributed by atoms with Crippen molar-refractivity contribution in [3.8, 4) is 0 Å². The number of rotatable bonds is 0. The van der Waals surface area contributed by atoms with E-state index in [0.29, 0.717) is 11.5 Å². The Balaban J connectivity index is 2.19. The molecule has 1 aliphatic heterocycles. The van der Waals surface area contributed by atoms with Gasteiger partial charge in [0.2, 0.25) is 0 Å². The maximum Gasteiger partial charge on any atom is 0.152 e. The predicted octanol–water partition coefficient (Wildman–Crippen LogP) is 2.33. The topological polar surface area (TPSA) is 34.1 Å². The van der Waals surface area contributed by atoms with Crippen LogP contribution in [-0.4, -0.2) is 19.9 Å². The first-order valence-corrected chi connectivity index (χ1v) is 7.68. The second kappa shape index (κ2) is 2.63. The molecule has 1 saturated carbocycles. The van der Waals surface area contributed by atoms with E-state index in [0.717, 1.165) is 12.8 Å². The SMILES string of the molecule is CC1(C)C[C@]23C=CC=C[C@]2(C1)CS(=O)(=O)C3. The summed E-state index contributed by atoms with van der Waals surface area (Å²) in [5.41, 5.74) is 0.0448. The molecule has 3 rings (SSSR count). The molecule has 88 valence electrons. The Morgan fingerprint density at radius 3 is 1.81 bits per heavy atom. The van der Waals surface area contributed by atoms with Crippen molar-refractivity contribution in [3.63, 3.8) is 0 Å². The minimum atomic E-state index is -2.86. The number of hydrogen-bond acceptors (Lipinski definition) is 2. The highest BCUT2D eigenvalue weighted by Gasteiger charge is 2.65. The molecule has 0 aromatic rings. The van der Waals surface area contributed by atoms with Crippen molar-refractivity contribution in [2.24, 2.45) is 16.2 Å². The summed E-state index contributed by atoms with van der Waals surface area (Å²) in [6, 6.07) is 0. The molecule has 0 bridgehead atoms. The van der Waals surface area contributed by atoms with E-state index in [4.69, 9.17) is 0 Å². The molecule has 3 heteroatoms. The Bertz CT molecular complexity index is 460. The van der Waals surface area contributed by atoms with Crippen LogP contribution in [0.1, 0.15) is 26.7 Å². The van der Waals surface area contributed by atoms with Crippen LogP contribution < -0.4 is 0 Å². The quantitative estimate of drug-likeness (QED) is 0.649. The molecule has 2 nitrogen and oxygen atoms in total. The molecular weight excluding hydrogens is 220 g/mol. The van der Waals surface area contributed by atoms with Gasteiger partial charge in [-0.05, 0) is 18.3 Å². The monoisotopic (exact) mass is 238 g/mol. The zero-order chi connectivity index (χ0) is 11.7. The van der Waals surface area contributed by atoms with Gasteiger partial charge in [0.15, 0.2) is 9.84 Å². The predicted molar refractivity (Wildman–Crippen MR) is 64.8 cm³/mol. The van der Waals surface area contributed by atoms with Crippen LogP contribution in [0, 0.1) is 16.2 Å². The third-order valence-electron chi connectivity index (χ3n) is 4.48. The van der Waals surface area contributed by atoms with Crippen LogP contribution in [0.2, 0.25) is 0 Å². The Morgan fingerprint density at radius 2 is 1.38 bits per heavy atom. The fraction of sp³-hybridized carbons (Fsp3) is 0.692. The summed E-state index contributed by atoms with van der Waals surface area (Å²) in [4.78, 5) is 0. The standard InChI is InChI=1S/C13H18O2S/c1-11(2)7-12-5-3-4-6-13(12,8-11)10-16(14,15)9-12/h3-6H,7-10H2,1-2H3/t12-,13-/m0/s1. The minimum absolute atomic E-state index is 0.107. The molecule has 2 aliphatic carbocycles. The fourth-order valence-electron chi connectivity index (χ4n) is 4.37. The van der Waals surface area contributed by atoms with Gasteiger partial charge in [0, 0.05) is 10.8 Å². The summed E-state index contributed by atoms with van der Waals surface area (Å²) < 4.78 is 23.9. The van der Waals surface area contributed by atoms with Crippen LogP contribution in [-0.2, 0) is 9.84 Å². The highest BCUT2D eigenvalue weighted by atomic mass is 32.2. The molecular formula is C13H18O2S. The van der Waals surface area contributed by atoms with E-state index in [1.165, 1.54) is 0 Å². The van der Waals surface area contributed by atoms with Crippen LogP contribution in [0.5, 0.6) is 0 Å². The molecule has 0 spiro atoms. The van der Waals surface area contributed by atoms with E-state index in [1.807, 2.05) is 12.2 Å². The van der Waals surface area contributed by atoms with Gasteiger partial charge in [0.05, 0.1) is 11.5 Å². The van der Waals surface area contributed by atoms with Crippen molar-refractivity contribution in [2.75, 3.05) is 11.5 Å². The Labute approximate surface area is 97.3 Å². The molecule has 1 saturated heterocycles. The van der Waals surface area contributed by atoms with Gasteiger partial charge >= 0.3 is 0 Å². The number of sulfone groups is 1. The zero-order valence-corrected chi connectivity index (χ0v) is 10.7. The summed E-state index contributed by atoms with van der Waals surface area (Å²) in [7, 11) is -2.86. The molecule has 16 heavy (non-hydrogen) atoms. The van der Waals surface area contributed by atoms with Crippen molar-refractivity contribution >= 4 is 9.84 Å². The van der Waals surface area contributed by atoms with Gasteiger partial charge in [-0.25, -0.2) is 8.42 Å². The molecule has 2 fully saturated rings. The lowest BCUT2D eigenvalue weighted by Crippen LogP contribution is -2.33. The average molecular weight is 238 g/mol.